The molecule has 0 amide bonds. The first-order valence-corrected chi connectivity index (χ1v) is 7.62. The number of H-pyrrole nitrogens is 2. The fraction of sp³-hybridized carbons (Fsp3) is 0.250. The third-order valence-corrected chi connectivity index (χ3v) is 1.30. The summed E-state index contributed by atoms with van der Waals surface area (Å²) in [6.45, 7) is 0. The molecule has 2 heterocycles. The minimum atomic E-state index is 0. The smallest absolute Gasteiger partial charge is 0.0629 e. The summed E-state index contributed by atoms with van der Waals surface area (Å²) in [7, 11) is 0. The van der Waals surface area contributed by atoms with Crippen molar-refractivity contribution in [1.82, 2.24) is 20.4 Å². The molecule has 2 N–H and O–H groups in total. The Labute approximate surface area is 114 Å². The summed E-state index contributed by atoms with van der Waals surface area (Å²) in [6, 6.07) is 1.83. The van der Waals surface area contributed by atoms with Crippen molar-refractivity contribution in [2.24, 2.45) is 0 Å². The standard InChI is InChI=1S/C3H3BrN2.C3H4N2.2CH4.Br2/c4-3-1-5-6-2-3;1-2-4-5-3-1;;;1-2/h1-2H,(H,5,6);1-3H,(H,4,5);2*1H4;. The Kier molecular flexibility index (Phi) is 22.0. The van der Waals surface area contributed by atoms with Crippen LogP contribution in [0.2, 0.25) is 0 Å². The molecule has 4 nitrogen and oxygen atoms in total. The van der Waals surface area contributed by atoms with E-state index in [-0.39, 0.29) is 14.9 Å². The summed E-state index contributed by atoms with van der Waals surface area (Å²) < 4.78 is 0.988. The molecule has 0 atom stereocenters. The van der Waals surface area contributed by atoms with E-state index in [1.54, 1.807) is 24.8 Å². The van der Waals surface area contributed by atoms with Crippen molar-refractivity contribution < 1.29 is 0 Å². The van der Waals surface area contributed by atoms with E-state index >= 15 is 0 Å². The summed E-state index contributed by atoms with van der Waals surface area (Å²) >= 11 is 8.69. The molecule has 2 aromatic rings. The van der Waals surface area contributed by atoms with Gasteiger partial charge in [0, 0.05) is 46.8 Å². The van der Waals surface area contributed by atoms with Crippen molar-refractivity contribution in [3.63, 3.8) is 0 Å². The van der Waals surface area contributed by atoms with Crippen LogP contribution < -0.4 is 0 Å². The number of nitrogens with zero attached hydrogens (tertiary/aromatic N) is 2. The van der Waals surface area contributed by atoms with E-state index in [1.165, 1.54) is 0 Å². The molecular formula is C8H15Br3N4. The number of nitrogens with one attached hydrogen (secondary N) is 2. The van der Waals surface area contributed by atoms with Crippen LogP contribution in [0.1, 0.15) is 14.9 Å². The lowest BCUT2D eigenvalue weighted by atomic mass is 10.8. The Hall–Kier alpha value is -0.140. The molecule has 2 rings (SSSR count). The van der Waals surface area contributed by atoms with Gasteiger partial charge < -0.3 is 0 Å². The van der Waals surface area contributed by atoms with Crippen LogP contribution in [0.4, 0.5) is 0 Å². The molecule has 7 heteroatoms. The number of halogens is 3. The predicted octanol–water partition coefficient (Wildman–Crippen LogP) is 4.55. The molecule has 0 radical (unpaired) electrons. The Morgan fingerprint density at radius 1 is 1.07 bits per heavy atom. The SMILES string of the molecule is BrBr.Brc1cn[nH]c1.C.C.c1cn[nH]c1. The predicted molar refractivity (Wildman–Crippen MR) is 76.2 cm³/mol. The van der Waals surface area contributed by atoms with Gasteiger partial charge in [-0.1, -0.05) is 14.9 Å². The second kappa shape index (κ2) is 16.3. The quantitative estimate of drug-likeness (QED) is 0.674. The first kappa shape index (κ1) is 20.3. The van der Waals surface area contributed by atoms with Crippen molar-refractivity contribution >= 4 is 44.2 Å². The van der Waals surface area contributed by atoms with Gasteiger partial charge in [-0.05, 0) is 22.0 Å². The van der Waals surface area contributed by atoms with Crippen LogP contribution in [0.15, 0.2) is 35.3 Å². The van der Waals surface area contributed by atoms with Gasteiger partial charge in [-0.3, -0.25) is 10.2 Å². The van der Waals surface area contributed by atoms with E-state index in [0.717, 1.165) is 4.47 Å². The van der Waals surface area contributed by atoms with Gasteiger partial charge in [0.05, 0.1) is 10.7 Å². The maximum Gasteiger partial charge on any atom is 0.0629 e. The number of aromatic nitrogens is 4. The number of aromatic amines is 2. The van der Waals surface area contributed by atoms with Crippen molar-refractivity contribution in [2.45, 2.75) is 14.9 Å². The minimum Gasteiger partial charge on any atom is -0.286 e. The Morgan fingerprint density at radius 2 is 1.73 bits per heavy atom. The van der Waals surface area contributed by atoms with E-state index in [2.05, 4.69) is 64.6 Å². The van der Waals surface area contributed by atoms with Gasteiger partial charge in [-0.2, -0.15) is 10.2 Å². The molecule has 0 fully saturated rings. The molecule has 0 saturated heterocycles. The van der Waals surface area contributed by atoms with Gasteiger partial charge in [-0.15, -0.1) is 0 Å². The van der Waals surface area contributed by atoms with E-state index < -0.39 is 0 Å². The largest absolute Gasteiger partial charge is 0.286 e. The van der Waals surface area contributed by atoms with Crippen molar-refractivity contribution in [3.05, 3.63) is 35.3 Å². The fourth-order valence-corrected chi connectivity index (χ4v) is 0.655. The molecule has 0 unspecified atom stereocenters. The average molecular weight is 407 g/mol. The highest BCUT2D eigenvalue weighted by atomic mass is 80.9. The molecule has 0 bridgehead atoms. The van der Waals surface area contributed by atoms with Crippen LogP contribution in [0.3, 0.4) is 0 Å². The second-order valence-corrected chi connectivity index (χ2v) is 2.60. The Morgan fingerprint density at radius 3 is 1.87 bits per heavy atom. The van der Waals surface area contributed by atoms with Gasteiger partial charge in [0.25, 0.3) is 0 Å². The molecule has 0 saturated carbocycles. The van der Waals surface area contributed by atoms with Crippen molar-refractivity contribution in [1.29, 1.82) is 0 Å². The van der Waals surface area contributed by atoms with E-state index in [1.807, 2.05) is 6.07 Å². The van der Waals surface area contributed by atoms with Crippen LogP contribution in [0, 0.1) is 0 Å². The molecule has 0 aliphatic carbocycles. The summed E-state index contributed by atoms with van der Waals surface area (Å²) in [4.78, 5) is 0. The molecular weight excluding hydrogens is 392 g/mol. The summed E-state index contributed by atoms with van der Waals surface area (Å²) in [5.74, 6) is 0. The van der Waals surface area contributed by atoms with Gasteiger partial charge in [-0.25, -0.2) is 0 Å². The lowest BCUT2D eigenvalue weighted by Gasteiger charge is -1.59. The number of rotatable bonds is 0. The first-order chi connectivity index (χ1) is 6.39. The monoisotopic (exact) mass is 404 g/mol. The lowest BCUT2D eigenvalue weighted by molar-refractivity contribution is 1.09. The van der Waals surface area contributed by atoms with E-state index in [9.17, 15) is 0 Å². The third kappa shape index (κ3) is 13.9. The summed E-state index contributed by atoms with van der Waals surface area (Å²) in [5.41, 5.74) is 0. The molecule has 88 valence electrons. The maximum absolute atomic E-state index is 3.65. The molecule has 0 aliphatic heterocycles. The molecule has 2 aromatic heterocycles. The Balaban J connectivity index is -0.000000149. The zero-order valence-corrected chi connectivity index (χ0v) is 11.2. The van der Waals surface area contributed by atoms with Crippen LogP contribution in [-0.2, 0) is 0 Å². The Bertz CT molecular complexity index is 240. The number of hydrogen-bond donors (Lipinski definition) is 2. The van der Waals surface area contributed by atoms with Crippen LogP contribution >= 0.6 is 44.2 Å². The highest BCUT2D eigenvalue weighted by Gasteiger charge is 1.77. The minimum absolute atomic E-state index is 0. The first-order valence-electron chi connectivity index (χ1n) is 3.12. The second-order valence-electron chi connectivity index (χ2n) is 1.68. The fourth-order valence-electron chi connectivity index (χ4n) is 0.450. The third-order valence-electron chi connectivity index (χ3n) is 0.871. The molecule has 0 aliphatic rings. The van der Waals surface area contributed by atoms with Crippen LogP contribution in [0.25, 0.3) is 0 Å². The van der Waals surface area contributed by atoms with Gasteiger partial charge in [0.15, 0.2) is 0 Å². The van der Waals surface area contributed by atoms with Gasteiger partial charge in [0.2, 0.25) is 0 Å². The summed E-state index contributed by atoms with van der Waals surface area (Å²) in [6.07, 6.45) is 6.92. The van der Waals surface area contributed by atoms with Crippen LogP contribution in [0.5, 0.6) is 0 Å². The molecule has 0 spiro atoms. The van der Waals surface area contributed by atoms with Gasteiger partial charge in [0.1, 0.15) is 0 Å². The van der Waals surface area contributed by atoms with E-state index in [0.29, 0.717) is 0 Å². The molecule has 0 aromatic carbocycles. The van der Waals surface area contributed by atoms with Crippen molar-refractivity contribution in [3.8, 4) is 0 Å². The topological polar surface area (TPSA) is 57.4 Å². The maximum atomic E-state index is 3.65. The zero-order valence-electron chi connectivity index (χ0n) is 6.42. The highest BCUT2D eigenvalue weighted by molar-refractivity contribution is 9.93. The van der Waals surface area contributed by atoms with E-state index in [4.69, 9.17) is 0 Å². The van der Waals surface area contributed by atoms with Gasteiger partial charge >= 0.3 is 0 Å². The average Bonchev–Trinajstić information content (AvgIpc) is 2.81. The van der Waals surface area contributed by atoms with Crippen molar-refractivity contribution in [2.75, 3.05) is 0 Å². The summed E-state index contributed by atoms with van der Waals surface area (Å²) in [5, 5.41) is 12.5. The van der Waals surface area contributed by atoms with Crippen LogP contribution in [-0.4, -0.2) is 20.4 Å². The lowest BCUT2D eigenvalue weighted by Crippen LogP contribution is -1.53. The normalized spacial score (nSPS) is 6.60. The molecule has 15 heavy (non-hydrogen) atoms. The highest BCUT2D eigenvalue weighted by Crippen LogP contribution is 2.01. The zero-order chi connectivity index (χ0) is 9.94. The number of hydrogen-bond acceptors (Lipinski definition) is 2.